The molecule has 0 amide bonds. The molecule has 2 rings (SSSR count). The normalized spacial score (nSPS) is 11.5. The van der Waals surface area contributed by atoms with Crippen LogP contribution in [0, 0.1) is 4.91 Å². The van der Waals surface area contributed by atoms with Crippen LogP contribution < -0.4 is 4.83 Å². The fourth-order valence-corrected chi connectivity index (χ4v) is 2.27. The number of aromatic nitrogens is 2. The van der Waals surface area contributed by atoms with Crippen molar-refractivity contribution in [1.82, 2.24) is 13.6 Å². The Morgan fingerprint density at radius 2 is 2.00 bits per heavy atom. The molecule has 1 aromatic heterocycles. The van der Waals surface area contributed by atoms with Crippen LogP contribution in [0.5, 0.6) is 0 Å². The Morgan fingerprint density at radius 1 is 1.27 bits per heavy atom. The molecule has 0 spiro atoms. The van der Waals surface area contributed by atoms with Gasteiger partial charge >= 0.3 is 0 Å². The number of sulfonamides is 1. The Morgan fingerprint density at radius 3 is 2.73 bits per heavy atom. The van der Waals surface area contributed by atoms with Gasteiger partial charge in [-0.15, -0.1) is 4.91 Å². The topological polar surface area (TPSA) is 101 Å². The van der Waals surface area contributed by atoms with E-state index in [0.717, 1.165) is 11.7 Å². The van der Waals surface area contributed by atoms with Gasteiger partial charge in [0.2, 0.25) is 0 Å². The smallest absolute Gasteiger partial charge is 0.200 e. The van der Waals surface area contributed by atoms with Gasteiger partial charge in [-0.25, -0.2) is 0 Å². The van der Waals surface area contributed by atoms with Crippen molar-refractivity contribution >= 4 is 32.8 Å². The summed E-state index contributed by atoms with van der Waals surface area (Å²) in [5, 5.41) is 2.13. The lowest BCUT2D eigenvalue weighted by molar-refractivity contribution is 0.584. The third kappa shape index (κ3) is 1.78. The van der Waals surface area contributed by atoms with Crippen LogP contribution in [0.1, 0.15) is 0 Å². The largest absolute Gasteiger partial charge is 0.279 e. The van der Waals surface area contributed by atoms with Gasteiger partial charge in [0.25, 0.3) is 10.0 Å². The molecule has 1 aromatic carbocycles. The second-order valence-electron chi connectivity index (χ2n) is 2.60. The summed E-state index contributed by atoms with van der Waals surface area (Å²) < 4.78 is 30.5. The highest BCUT2D eigenvalue weighted by atomic mass is 32.2. The highest BCUT2D eigenvalue weighted by molar-refractivity contribution is 7.89. The Balaban J connectivity index is 2.57. The molecular formula is C6H4N4O3S2. The van der Waals surface area contributed by atoms with Crippen molar-refractivity contribution in [2.24, 2.45) is 5.29 Å². The minimum absolute atomic E-state index is 0.0673. The molecule has 0 aliphatic heterocycles. The molecule has 0 radical (unpaired) electrons. The van der Waals surface area contributed by atoms with Crippen molar-refractivity contribution in [3.05, 3.63) is 23.1 Å². The maximum Gasteiger partial charge on any atom is 0.279 e. The van der Waals surface area contributed by atoms with Gasteiger partial charge in [-0.2, -0.15) is 22.0 Å². The van der Waals surface area contributed by atoms with Crippen molar-refractivity contribution in [2.45, 2.75) is 4.90 Å². The van der Waals surface area contributed by atoms with Crippen LogP contribution in [-0.2, 0) is 10.0 Å². The number of hydrogen-bond donors (Lipinski definition) is 1. The predicted molar refractivity (Wildman–Crippen MR) is 53.5 cm³/mol. The maximum absolute atomic E-state index is 11.3. The zero-order chi connectivity index (χ0) is 10.9. The molecule has 0 saturated heterocycles. The van der Waals surface area contributed by atoms with Crippen molar-refractivity contribution in [3.8, 4) is 0 Å². The fourth-order valence-electron chi connectivity index (χ4n) is 1.03. The first-order valence-corrected chi connectivity index (χ1v) is 5.91. The first-order chi connectivity index (χ1) is 7.13. The van der Waals surface area contributed by atoms with Crippen LogP contribution in [0.3, 0.4) is 0 Å². The van der Waals surface area contributed by atoms with Gasteiger partial charge in [-0.1, -0.05) is 0 Å². The third-order valence-corrected chi connectivity index (χ3v) is 3.44. The Kier molecular flexibility index (Phi) is 2.32. The van der Waals surface area contributed by atoms with Gasteiger partial charge in [0.1, 0.15) is 11.0 Å². The number of rotatable bonds is 3. The molecular weight excluding hydrogens is 240 g/mol. The van der Waals surface area contributed by atoms with Gasteiger partial charge in [0.15, 0.2) is 0 Å². The quantitative estimate of drug-likeness (QED) is 0.631. The van der Waals surface area contributed by atoms with E-state index < -0.39 is 10.0 Å². The zero-order valence-corrected chi connectivity index (χ0v) is 8.75. The molecule has 1 heterocycles. The Hall–Kier alpha value is -1.61. The summed E-state index contributed by atoms with van der Waals surface area (Å²) in [6.45, 7) is 0. The highest BCUT2D eigenvalue weighted by Gasteiger charge is 2.14. The second-order valence-corrected chi connectivity index (χ2v) is 4.79. The minimum Gasteiger partial charge on any atom is -0.200 e. The lowest BCUT2D eigenvalue weighted by Crippen LogP contribution is -2.17. The average molecular weight is 244 g/mol. The molecule has 0 aliphatic rings. The Labute approximate surface area is 88.5 Å². The second kappa shape index (κ2) is 3.51. The van der Waals surface area contributed by atoms with Gasteiger partial charge in [-0.3, -0.25) is 0 Å². The molecule has 0 fully saturated rings. The zero-order valence-electron chi connectivity index (χ0n) is 7.11. The van der Waals surface area contributed by atoms with Crippen molar-refractivity contribution < 1.29 is 8.42 Å². The molecule has 0 saturated carbocycles. The van der Waals surface area contributed by atoms with Crippen LogP contribution in [0.4, 0.5) is 0 Å². The minimum atomic E-state index is -3.87. The van der Waals surface area contributed by atoms with E-state index in [2.05, 4.69) is 14.0 Å². The summed E-state index contributed by atoms with van der Waals surface area (Å²) in [6.07, 6.45) is 0. The summed E-state index contributed by atoms with van der Waals surface area (Å²) >= 11 is 0.985. The van der Waals surface area contributed by atoms with Crippen molar-refractivity contribution in [1.29, 1.82) is 0 Å². The number of nitrogens with zero attached hydrogens (tertiary/aromatic N) is 3. The molecule has 9 heteroatoms. The molecule has 0 unspecified atom stereocenters. The molecule has 1 N–H and O–H groups in total. The summed E-state index contributed by atoms with van der Waals surface area (Å²) in [5.41, 5.74) is 1.08. The van der Waals surface area contributed by atoms with Crippen molar-refractivity contribution in [2.75, 3.05) is 0 Å². The van der Waals surface area contributed by atoms with E-state index in [1.807, 2.05) is 0 Å². The molecule has 78 valence electrons. The number of nitrogens with one attached hydrogen (secondary N) is 1. The SMILES string of the molecule is O=NNS(=O)(=O)c1ccc2nsnc2c1. The van der Waals surface area contributed by atoms with Gasteiger partial charge in [-0.05, 0) is 18.2 Å². The monoisotopic (exact) mass is 244 g/mol. The first kappa shape index (κ1) is 9.93. The predicted octanol–water partition coefficient (Wildman–Crippen LogP) is 0.651. The van der Waals surface area contributed by atoms with Gasteiger partial charge < -0.3 is 0 Å². The van der Waals surface area contributed by atoms with E-state index >= 15 is 0 Å². The number of nitroso groups, excluding NO2 is 1. The van der Waals surface area contributed by atoms with Crippen LogP contribution >= 0.6 is 11.7 Å². The summed E-state index contributed by atoms with van der Waals surface area (Å²) in [7, 11) is -3.87. The molecule has 0 atom stereocenters. The lowest BCUT2D eigenvalue weighted by atomic mass is 10.3. The summed E-state index contributed by atoms with van der Waals surface area (Å²) in [6, 6.07) is 4.17. The standard InChI is InChI=1S/C6H4N4O3S2/c11-9-10-15(12,13)4-1-2-5-6(3-4)8-14-7-5/h1-3H,(H,10,11). The third-order valence-electron chi connectivity index (χ3n) is 1.69. The van der Waals surface area contributed by atoms with Gasteiger partial charge in [0, 0.05) is 0 Å². The highest BCUT2D eigenvalue weighted by Crippen LogP contribution is 2.16. The van der Waals surface area contributed by atoms with E-state index in [0.29, 0.717) is 11.0 Å². The summed E-state index contributed by atoms with van der Waals surface area (Å²) in [4.78, 5) is 11.3. The number of hydrogen-bond acceptors (Lipinski definition) is 7. The molecule has 15 heavy (non-hydrogen) atoms. The van der Waals surface area contributed by atoms with Crippen LogP contribution in [-0.4, -0.2) is 17.2 Å². The number of fused-ring (bicyclic) bond motifs is 1. The first-order valence-electron chi connectivity index (χ1n) is 3.70. The fraction of sp³-hybridized carbons (Fsp3) is 0. The lowest BCUT2D eigenvalue weighted by Gasteiger charge is -1.99. The summed E-state index contributed by atoms with van der Waals surface area (Å²) in [5.74, 6) is 0. The van der Waals surface area contributed by atoms with Crippen molar-refractivity contribution in [3.63, 3.8) is 0 Å². The maximum atomic E-state index is 11.3. The van der Waals surface area contributed by atoms with Crippen LogP contribution in [0.15, 0.2) is 28.4 Å². The number of benzene rings is 1. The van der Waals surface area contributed by atoms with Crippen LogP contribution in [0.2, 0.25) is 0 Å². The van der Waals surface area contributed by atoms with E-state index in [9.17, 15) is 13.3 Å². The molecule has 0 bridgehead atoms. The van der Waals surface area contributed by atoms with E-state index in [-0.39, 0.29) is 4.90 Å². The van der Waals surface area contributed by atoms with E-state index in [4.69, 9.17) is 0 Å². The Bertz CT molecular complexity index is 606. The average Bonchev–Trinajstić information content (AvgIpc) is 2.63. The van der Waals surface area contributed by atoms with Crippen LogP contribution in [0.25, 0.3) is 11.0 Å². The van der Waals surface area contributed by atoms with Gasteiger partial charge in [0.05, 0.1) is 21.9 Å². The molecule has 2 aromatic rings. The van der Waals surface area contributed by atoms with E-state index in [1.54, 1.807) is 0 Å². The molecule has 7 nitrogen and oxygen atoms in total. The van der Waals surface area contributed by atoms with E-state index in [1.165, 1.54) is 23.0 Å². The molecule has 0 aliphatic carbocycles.